The van der Waals surface area contributed by atoms with Crippen molar-refractivity contribution in [2.75, 3.05) is 7.11 Å². The molecular weight excluding hydrogens is 340 g/mol. The van der Waals surface area contributed by atoms with Crippen LogP contribution in [-0.2, 0) is 13.0 Å². The summed E-state index contributed by atoms with van der Waals surface area (Å²) in [5.74, 6) is 1.39. The lowest BCUT2D eigenvalue weighted by Crippen LogP contribution is -2.17. The maximum Gasteiger partial charge on any atom is 0.175 e. The SMILES string of the molecule is COc1cc(CC(C)N)cc(Br)c1OCc1nccs1. The van der Waals surface area contributed by atoms with Gasteiger partial charge in [0.2, 0.25) is 0 Å². The number of nitrogens with two attached hydrogens (primary N) is 1. The molecule has 0 aliphatic carbocycles. The third kappa shape index (κ3) is 3.94. The van der Waals surface area contributed by atoms with Crippen molar-refractivity contribution in [3.8, 4) is 11.5 Å². The van der Waals surface area contributed by atoms with Crippen LogP contribution in [0.1, 0.15) is 17.5 Å². The molecule has 2 N–H and O–H groups in total. The van der Waals surface area contributed by atoms with Gasteiger partial charge in [-0.3, -0.25) is 0 Å². The predicted octanol–water partition coefficient (Wildman–Crippen LogP) is 3.38. The fourth-order valence-electron chi connectivity index (χ4n) is 1.86. The summed E-state index contributed by atoms with van der Waals surface area (Å²) in [6, 6.07) is 4.09. The van der Waals surface area contributed by atoms with Gasteiger partial charge in [0.25, 0.3) is 0 Å². The summed E-state index contributed by atoms with van der Waals surface area (Å²) < 4.78 is 12.1. The highest BCUT2D eigenvalue weighted by molar-refractivity contribution is 9.10. The Kier molecular flexibility index (Phi) is 5.39. The Bertz CT molecular complexity index is 559. The maximum atomic E-state index is 5.83. The van der Waals surface area contributed by atoms with Crippen molar-refractivity contribution in [3.63, 3.8) is 0 Å². The Morgan fingerprint density at radius 3 is 2.85 bits per heavy atom. The van der Waals surface area contributed by atoms with Crippen LogP contribution in [0.25, 0.3) is 0 Å². The molecule has 0 aliphatic heterocycles. The molecule has 2 aromatic rings. The first-order valence-electron chi connectivity index (χ1n) is 6.23. The van der Waals surface area contributed by atoms with E-state index >= 15 is 0 Å². The molecular formula is C14H17BrN2O2S. The molecule has 1 atom stereocenters. The van der Waals surface area contributed by atoms with Crippen LogP contribution in [0.4, 0.5) is 0 Å². The van der Waals surface area contributed by atoms with Crippen molar-refractivity contribution < 1.29 is 9.47 Å². The van der Waals surface area contributed by atoms with E-state index in [0.29, 0.717) is 18.1 Å². The monoisotopic (exact) mass is 356 g/mol. The first-order chi connectivity index (χ1) is 9.60. The number of hydrogen-bond acceptors (Lipinski definition) is 5. The van der Waals surface area contributed by atoms with Crippen molar-refractivity contribution in [3.05, 3.63) is 38.8 Å². The summed E-state index contributed by atoms with van der Waals surface area (Å²) in [4.78, 5) is 4.19. The van der Waals surface area contributed by atoms with E-state index in [4.69, 9.17) is 15.2 Å². The zero-order valence-electron chi connectivity index (χ0n) is 11.4. The topological polar surface area (TPSA) is 57.4 Å². The second kappa shape index (κ2) is 7.06. The molecule has 0 aliphatic rings. The average Bonchev–Trinajstić information content (AvgIpc) is 2.89. The van der Waals surface area contributed by atoms with Crippen LogP contribution < -0.4 is 15.2 Å². The summed E-state index contributed by atoms with van der Waals surface area (Å²) in [5.41, 5.74) is 6.95. The van der Waals surface area contributed by atoms with Gasteiger partial charge in [-0.2, -0.15) is 0 Å². The Balaban J connectivity index is 2.18. The quantitative estimate of drug-likeness (QED) is 0.861. The first-order valence-corrected chi connectivity index (χ1v) is 7.90. The fourth-order valence-corrected chi connectivity index (χ4v) is 2.99. The number of hydrogen-bond donors (Lipinski definition) is 1. The van der Waals surface area contributed by atoms with Crippen molar-refractivity contribution >= 4 is 27.3 Å². The molecule has 0 spiro atoms. The summed E-state index contributed by atoms with van der Waals surface area (Å²) in [6.07, 6.45) is 2.56. The molecule has 4 nitrogen and oxygen atoms in total. The molecule has 1 aromatic carbocycles. The zero-order valence-corrected chi connectivity index (χ0v) is 13.8. The third-order valence-corrected chi connectivity index (χ3v) is 4.01. The van der Waals surface area contributed by atoms with Gasteiger partial charge in [-0.05, 0) is 47.0 Å². The highest BCUT2D eigenvalue weighted by Gasteiger charge is 2.13. The van der Waals surface area contributed by atoms with E-state index in [0.717, 1.165) is 21.5 Å². The number of ether oxygens (including phenoxy) is 2. The van der Waals surface area contributed by atoms with Crippen LogP contribution in [-0.4, -0.2) is 18.1 Å². The smallest absolute Gasteiger partial charge is 0.175 e. The molecule has 1 heterocycles. The van der Waals surface area contributed by atoms with E-state index in [1.54, 1.807) is 24.6 Å². The van der Waals surface area contributed by atoms with E-state index in [9.17, 15) is 0 Å². The van der Waals surface area contributed by atoms with Gasteiger partial charge in [-0.15, -0.1) is 11.3 Å². The van der Waals surface area contributed by atoms with Gasteiger partial charge in [0, 0.05) is 17.6 Å². The minimum Gasteiger partial charge on any atom is -0.493 e. The number of nitrogens with zero attached hydrogens (tertiary/aromatic N) is 1. The largest absolute Gasteiger partial charge is 0.493 e. The molecule has 0 radical (unpaired) electrons. The highest BCUT2D eigenvalue weighted by atomic mass is 79.9. The van der Waals surface area contributed by atoms with E-state index < -0.39 is 0 Å². The first kappa shape index (κ1) is 15.3. The van der Waals surface area contributed by atoms with Crippen molar-refractivity contribution in [2.24, 2.45) is 5.73 Å². The molecule has 0 saturated heterocycles. The lowest BCUT2D eigenvalue weighted by molar-refractivity contribution is 0.282. The second-order valence-electron chi connectivity index (χ2n) is 4.50. The van der Waals surface area contributed by atoms with E-state index in [1.807, 2.05) is 24.4 Å². The molecule has 0 saturated carbocycles. The number of aromatic nitrogens is 1. The van der Waals surface area contributed by atoms with Crippen LogP contribution in [0, 0.1) is 0 Å². The Morgan fingerprint density at radius 2 is 2.25 bits per heavy atom. The minimum absolute atomic E-state index is 0.105. The molecule has 0 bridgehead atoms. The summed E-state index contributed by atoms with van der Waals surface area (Å²) in [5, 5.41) is 2.86. The van der Waals surface area contributed by atoms with Crippen LogP contribution in [0.2, 0.25) is 0 Å². The Morgan fingerprint density at radius 1 is 1.45 bits per heavy atom. The lowest BCUT2D eigenvalue weighted by atomic mass is 10.1. The van der Waals surface area contributed by atoms with Gasteiger partial charge < -0.3 is 15.2 Å². The normalized spacial score (nSPS) is 12.2. The summed E-state index contributed by atoms with van der Waals surface area (Å²) in [7, 11) is 1.63. The van der Waals surface area contributed by atoms with Gasteiger partial charge in [0.1, 0.15) is 11.6 Å². The molecule has 0 amide bonds. The molecule has 2 rings (SSSR count). The average molecular weight is 357 g/mol. The molecule has 108 valence electrons. The van der Waals surface area contributed by atoms with Crippen molar-refractivity contribution in [1.82, 2.24) is 4.98 Å². The number of rotatable bonds is 6. The molecule has 20 heavy (non-hydrogen) atoms. The molecule has 0 fully saturated rings. The highest BCUT2D eigenvalue weighted by Crippen LogP contribution is 2.37. The number of methoxy groups -OCH3 is 1. The van der Waals surface area contributed by atoms with Crippen LogP contribution in [0.3, 0.4) is 0 Å². The predicted molar refractivity (Wildman–Crippen MR) is 84.5 cm³/mol. The van der Waals surface area contributed by atoms with Gasteiger partial charge in [-0.25, -0.2) is 4.98 Å². The number of benzene rings is 1. The summed E-state index contributed by atoms with van der Waals surface area (Å²) in [6.45, 7) is 2.41. The third-order valence-electron chi connectivity index (χ3n) is 2.67. The minimum atomic E-state index is 0.105. The molecule has 1 unspecified atom stereocenters. The van der Waals surface area contributed by atoms with Gasteiger partial charge in [-0.1, -0.05) is 0 Å². The van der Waals surface area contributed by atoms with Gasteiger partial charge >= 0.3 is 0 Å². The lowest BCUT2D eigenvalue weighted by Gasteiger charge is -2.14. The standard InChI is InChI=1S/C14H17BrN2O2S/c1-9(16)5-10-6-11(15)14(12(7-10)18-2)19-8-13-17-3-4-20-13/h3-4,6-7,9H,5,8,16H2,1-2H3. The van der Waals surface area contributed by atoms with Crippen LogP contribution in [0.5, 0.6) is 11.5 Å². The number of halogens is 1. The van der Waals surface area contributed by atoms with Crippen molar-refractivity contribution in [2.45, 2.75) is 26.0 Å². The van der Waals surface area contributed by atoms with Gasteiger partial charge in [0.15, 0.2) is 11.5 Å². The molecule has 1 aromatic heterocycles. The fraction of sp³-hybridized carbons (Fsp3) is 0.357. The summed E-state index contributed by atoms with van der Waals surface area (Å²) >= 11 is 5.09. The van der Waals surface area contributed by atoms with Crippen molar-refractivity contribution in [1.29, 1.82) is 0 Å². The van der Waals surface area contributed by atoms with E-state index in [2.05, 4.69) is 20.9 Å². The Hall–Kier alpha value is -1.11. The second-order valence-corrected chi connectivity index (χ2v) is 6.34. The van der Waals surface area contributed by atoms with E-state index in [-0.39, 0.29) is 6.04 Å². The Labute approximate surface area is 131 Å². The van der Waals surface area contributed by atoms with Crippen LogP contribution >= 0.6 is 27.3 Å². The van der Waals surface area contributed by atoms with Crippen LogP contribution in [0.15, 0.2) is 28.2 Å². The zero-order chi connectivity index (χ0) is 14.5. The number of thiazole rings is 1. The van der Waals surface area contributed by atoms with E-state index in [1.165, 1.54) is 0 Å². The van der Waals surface area contributed by atoms with Gasteiger partial charge in [0.05, 0.1) is 11.6 Å². The molecule has 6 heteroatoms. The maximum absolute atomic E-state index is 5.83.